The first-order valence-corrected chi connectivity index (χ1v) is 11.3. The van der Waals surface area contributed by atoms with Crippen LogP contribution in [0.3, 0.4) is 0 Å². The third kappa shape index (κ3) is 5.49. The summed E-state index contributed by atoms with van der Waals surface area (Å²) in [5.74, 6) is -0.260. The van der Waals surface area contributed by atoms with Gasteiger partial charge in [0, 0.05) is 19.6 Å². The topological polar surface area (TPSA) is 66.9 Å². The first-order chi connectivity index (χ1) is 13.8. The molecule has 2 aromatic rings. The number of carbonyl (C=O) groups is 1. The van der Waals surface area contributed by atoms with Crippen molar-refractivity contribution in [1.82, 2.24) is 9.21 Å². The lowest BCUT2D eigenvalue weighted by Crippen LogP contribution is -2.46. The smallest absolute Gasteiger partial charge is 0.243 e. The van der Waals surface area contributed by atoms with Crippen molar-refractivity contribution < 1.29 is 17.9 Å². The van der Waals surface area contributed by atoms with Gasteiger partial charge in [-0.3, -0.25) is 4.79 Å². The minimum Gasteiger partial charge on any atom is -0.378 e. The van der Waals surface area contributed by atoms with Crippen molar-refractivity contribution >= 4 is 39.1 Å². The molecule has 2 aromatic carbocycles. The summed E-state index contributed by atoms with van der Waals surface area (Å²) in [5, 5.41) is 0.712. The predicted molar refractivity (Wildman–Crippen MR) is 113 cm³/mol. The van der Waals surface area contributed by atoms with Crippen molar-refractivity contribution in [3.05, 3.63) is 63.6 Å². The van der Waals surface area contributed by atoms with Crippen LogP contribution >= 0.6 is 23.2 Å². The van der Waals surface area contributed by atoms with Crippen LogP contribution in [0.2, 0.25) is 10.0 Å². The van der Waals surface area contributed by atoms with E-state index in [9.17, 15) is 13.2 Å². The van der Waals surface area contributed by atoms with Gasteiger partial charge in [0.2, 0.25) is 15.9 Å². The molecule has 0 aromatic heterocycles. The monoisotopic (exact) mass is 456 g/mol. The second-order valence-electron chi connectivity index (χ2n) is 6.83. The van der Waals surface area contributed by atoms with Crippen LogP contribution < -0.4 is 0 Å². The molecule has 1 aliphatic rings. The molecule has 1 heterocycles. The van der Waals surface area contributed by atoms with Crippen molar-refractivity contribution in [3.8, 4) is 0 Å². The summed E-state index contributed by atoms with van der Waals surface area (Å²) in [4.78, 5) is 14.5. The summed E-state index contributed by atoms with van der Waals surface area (Å²) in [6, 6.07) is 11.5. The molecule has 0 unspecified atom stereocenters. The number of morpholine rings is 1. The highest BCUT2D eigenvalue weighted by Gasteiger charge is 2.29. The number of hydrogen-bond acceptors (Lipinski definition) is 4. The molecule has 9 heteroatoms. The molecule has 6 nitrogen and oxygen atoms in total. The Labute approximate surface area is 181 Å². The zero-order valence-electron chi connectivity index (χ0n) is 16.0. The van der Waals surface area contributed by atoms with E-state index in [2.05, 4.69) is 0 Å². The second-order valence-corrected chi connectivity index (χ2v) is 9.58. The highest BCUT2D eigenvalue weighted by atomic mass is 35.5. The van der Waals surface area contributed by atoms with E-state index in [0.29, 0.717) is 41.9 Å². The Morgan fingerprint density at radius 2 is 1.72 bits per heavy atom. The number of ether oxygens (including phenoxy) is 1. The standard InChI is InChI=1S/C20H22Cl2N2O4S/c1-15-2-5-17(6-3-15)29(26,27)24(13-16-4-7-18(21)19(22)12-16)14-20(25)23-8-10-28-11-9-23/h2-7,12H,8-11,13-14H2,1H3. The summed E-state index contributed by atoms with van der Waals surface area (Å²) in [5.41, 5.74) is 1.59. The fraction of sp³-hybridized carbons (Fsp3) is 0.350. The number of nitrogens with zero attached hydrogens (tertiary/aromatic N) is 2. The van der Waals surface area contributed by atoms with Crippen molar-refractivity contribution in [2.75, 3.05) is 32.8 Å². The number of rotatable bonds is 6. The van der Waals surface area contributed by atoms with Crippen molar-refractivity contribution in [1.29, 1.82) is 0 Å². The fourth-order valence-electron chi connectivity index (χ4n) is 2.99. The third-order valence-corrected chi connectivity index (χ3v) is 7.22. The minimum atomic E-state index is -3.89. The number of benzene rings is 2. The average molecular weight is 457 g/mol. The molecule has 0 radical (unpaired) electrons. The van der Waals surface area contributed by atoms with Crippen molar-refractivity contribution in [2.24, 2.45) is 0 Å². The van der Waals surface area contributed by atoms with Crippen LogP contribution in [0.15, 0.2) is 47.4 Å². The molecule has 0 bridgehead atoms. The zero-order valence-corrected chi connectivity index (χ0v) is 18.3. The lowest BCUT2D eigenvalue weighted by molar-refractivity contribution is -0.135. The Kier molecular flexibility index (Phi) is 7.19. The minimum absolute atomic E-state index is 0.00315. The Balaban J connectivity index is 1.90. The quantitative estimate of drug-likeness (QED) is 0.668. The molecular weight excluding hydrogens is 435 g/mol. The first-order valence-electron chi connectivity index (χ1n) is 9.13. The average Bonchev–Trinajstić information content (AvgIpc) is 2.71. The van der Waals surface area contributed by atoms with E-state index >= 15 is 0 Å². The molecule has 1 aliphatic heterocycles. The summed E-state index contributed by atoms with van der Waals surface area (Å²) < 4.78 is 33.0. The lowest BCUT2D eigenvalue weighted by atomic mass is 10.2. The zero-order chi connectivity index (χ0) is 21.0. The maximum absolute atomic E-state index is 13.3. The van der Waals surface area contributed by atoms with Gasteiger partial charge in [-0.1, -0.05) is 47.0 Å². The van der Waals surface area contributed by atoms with Crippen molar-refractivity contribution in [2.45, 2.75) is 18.4 Å². The SMILES string of the molecule is Cc1ccc(S(=O)(=O)N(CC(=O)N2CCOCC2)Cc2ccc(Cl)c(Cl)c2)cc1. The molecule has 3 rings (SSSR count). The van der Waals surface area contributed by atoms with Crippen LogP contribution in [0, 0.1) is 6.92 Å². The van der Waals surface area contributed by atoms with E-state index in [1.165, 1.54) is 4.31 Å². The van der Waals surface area contributed by atoms with Crippen LogP contribution in [0.4, 0.5) is 0 Å². The molecular formula is C20H22Cl2N2O4S. The van der Waals surface area contributed by atoms with Crippen LogP contribution in [0.25, 0.3) is 0 Å². The number of hydrogen-bond donors (Lipinski definition) is 0. The van der Waals surface area contributed by atoms with Crippen LogP contribution in [0.1, 0.15) is 11.1 Å². The molecule has 1 fully saturated rings. The van der Waals surface area contributed by atoms with E-state index in [4.69, 9.17) is 27.9 Å². The maximum atomic E-state index is 13.3. The van der Waals surface area contributed by atoms with Gasteiger partial charge in [-0.2, -0.15) is 4.31 Å². The Bertz CT molecular complexity index is 974. The molecule has 29 heavy (non-hydrogen) atoms. The normalized spacial score (nSPS) is 15.0. The largest absolute Gasteiger partial charge is 0.378 e. The number of carbonyl (C=O) groups excluding carboxylic acids is 1. The highest BCUT2D eigenvalue weighted by Crippen LogP contribution is 2.25. The van der Waals surface area contributed by atoms with Gasteiger partial charge in [0.15, 0.2) is 0 Å². The van der Waals surface area contributed by atoms with Crippen LogP contribution in [0.5, 0.6) is 0 Å². The Morgan fingerprint density at radius 1 is 1.07 bits per heavy atom. The molecule has 0 spiro atoms. The molecule has 0 saturated carbocycles. The molecule has 1 amide bonds. The number of sulfonamides is 1. The van der Waals surface area contributed by atoms with Gasteiger partial charge < -0.3 is 9.64 Å². The molecule has 0 N–H and O–H groups in total. The van der Waals surface area contributed by atoms with Gasteiger partial charge in [-0.05, 0) is 36.8 Å². The molecule has 0 aliphatic carbocycles. The van der Waals surface area contributed by atoms with Gasteiger partial charge in [-0.15, -0.1) is 0 Å². The lowest BCUT2D eigenvalue weighted by Gasteiger charge is -2.30. The third-order valence-electron chi connectivity index (χ3n) is 4.68. The fourth-order valence-corrected chi connectivity index (χ4v) is 4.69. The summed E-state index contributed by atoms with van der Waals surface area (Å²) in [6.45, 7) is 3.41. The van der Waals surface area contributed by atoms with E-state index in [1.54, 1.807) is 47.4 Å². The Hall–Kier alpha value is -1.64. The molecule has 156 valence electrons. The molecule has 1 saturated heterocycles. The number of amides is 1. The molecule has 0 atom stereocenters. The number of halogens is 2. The Morgan fingerprint density at radius 3 is 2.34 bits per heavy atom. The van der Waals surface area contributed by atoms with Crippen LogP contribution in [-0.4, -0.2) is 56.4 Å². The van der Waals surface area contributed by atoms with Gasteiger partial charge in [0.25, 0.3) is 0 Å². The summed E-state index contributed by atoms with van der Waals surface area (Å²) in [6.07, 6.45) is 0. The van der Waals surface area contributed by atoms with Crippen molar-refractivity contribution in [3.63, 3.8) is 0 Å². The van der Waals surface area contributed by atoms with Gasteiger partial charge >= 0.3 is 0 Å². The van der Waals surface area contributed by atoms with Gasteiger partial charge in [-0.25, -0.2) is 8.42 Å². The summed E-state index contributed by atoms with van der Waals surface area (Å²) in [7, 11) is -3.89. The highest BCUT2D eigenvalue weighted by molar-refractivity contribution is 7.89. The number of aryl methyl sites for hydroxylation is 1. The first kappa shape index (κ1) is 22.1. The van der Waals surface area contributed by atoms with E-state index in [0.717, 1.165) is 5.56 Å². The van der Waals surface area contributed by atoms with Gasteiger partial charge in [0.05, 0.1) is 34.7 Å². The van der Waals surface area contributed by atoms with Crippen LogP contribution in [-0.2, 0) is 26.1 Å². The summed E-state index contributed by atoms with van der Waals surface area (Å²) >= 11 is 12.1. The second kappa shape index (κ2) is 9.45. The predicted octanol–water partition coefficient (Wildman–Crippen LogP) is 3.35. The van der Waals surface area contributed by atoms with E-state index < -0.39 is 10.0 Å². The van der Waals surface area contributed by atoms with Gasteiger partial charge in [0.1, 0.15) is 0 Å². The maximum Gasteiger partial charge on any atom is 0.243 e. The van der Waals surface area contributed by atoms with E-state index in [1.807, 2.05) is 6.92 Å². The van der Waals surface area contributed by atoms with E-state index in [-0.39, 0.29) is 23.9 Å².